The Morgan fingerprint density at radius 1 is 1.15 bits per heavy atom. The highest BCUT2D eigenvalue weighted by Crippen LogP contribution is 2.43. The SMILES string of the molecule is CN(C)C(=O)c1ccc(Oc2cc(C(=O)O)cc3c2CC(C)(C)O3)c(Cl)c1. The van der Waals surface area contributed by atoms with Crippen molar-refractivity contribution in [3.63, 3.8) is 0 Å². The van der Waals surface area contributed by atoms with E-state index in [1.807, 2.05) is 13.8 Å². The summed E-state index contributed by atoms with van der Waals surface area (Å²) in [5.74, 6) is -0.0442. The third-order valence-corrected chi connectivity index (χ3v) is 4.50. The van der Waals surface area contributed by atoms with E-state index in [1.54, 1.807) is 26.2 Å². The Balaban J connectivity index is 1.99. The molecule has 1 aliphatic heterocycles. The van der Waals surface area contributed by atoms with Crippen molar-refractivity contribution < 1.29 is 24.2 Å². The molecule has 1 heterocycles. The fraction of sp³-hybridized carbons (Fsp3) is 0.300. The largest absolute Gasteiger partial charge is 0.487 e. The molecule has 142 valence electrons. The zero-order chi connectivity index (χ0) is 19.9. The third-order valence-electron chi connectivity index (χ3n) is 4.21. The molecule has 0 unspecified atom stereocenters. The maximum Gasteiger partial charge on any atom is 0.335 e. The van der Waals surface area contributed by atoms with Crippen LogP contribution in [0.1, 0.15) is 40.1 Å². The summed E-state index contributed by atoms with van der Waals surface area (Å²) in [6.07, 6.45) is 0.576. The third kappa shape index (κ3) is 3.85. The van der Waals surface area contributed by atoms with Crippen molar-refractivity contribution in [2.45, 2.75) is 25.9 Å². The second kappa shape index (κ2) is 6.78. The van der Waals surface area contributed by atoms with Crippen molar-refractivity contribution in [1.82, 2.24) is 4.90 Å². The van der Waals surface area contributed by atoms with Crippen LogP contribution in [0.15, 0.2) is 30.3 Å². The normalized spacial score (nSPS) is 14.3. The minimum atomic E-state index is -1.08. The number of fused-ring (bicyclic) bond motifs is 1. The first-order chi connectivity index (χ1) is 12.6. The molecule has 1 aliphatic rings. The molecule has 7 heteroatoms. The number of carboxylic acid groups (broad SMARTS) is 1. The first-order valence-corrected chi connectivity index (χ1v) is 8.73. The lowest BCUT2D eigenvalue weighted by Gasteiger charge is -2.16. The first kappa shape index (κ1) is 19.0. The molecule has 27 heavy (non-hydrogen) atoms. The van der Waals surface area contributed by atoms with Crippen molar-refractivity contribution in [2.24, 2.45) is 0 Å². The molecule has 6 nitrogen and oxygen atoms in total. The molecule has 0 saturated carbocycles. The summed E-state index contributed by atoms with van der Waals surface area (Å²) >= 11 is 6.29. The Bertz CT molecular complexity index is 936. The highest BCUT2D eigenvalue weighted by molar-refractivity contribution is 6.32. The molecule has 0 radical (unpaired) electrons. The minimum absolute atomic E-state index is 0.0666. The van der Waals surface area contributed by atoms with E-state index in [2.05, 4.69) is 0 Å². The smallest absolute Gasteiger partial charge is 0.335 e. The zero-order valence-corrected chi connectivity index (χ0v) is 16.3. The van der Waals surface area contributed by atoms with Crippen LogP contribution in [0.2, 0.25) is 5.02 Å². The molecule has 3 rings (SSSR count). The summed E-state index contributed by atoms with van der Waals surface area (Å²) in [7, 11) is 3.31. The van der Waals surface area contributed by atoms with Gasteiger partial charge < -0.3 is 19.5 Å². The predicted octanol–water partition coefficient (Wildman–Crippen LogP) is 4.25. The van der Waals surface area contributed by atoms with Crippen LogP contribution in [0.5, 0.6) is 17.2 Å². The van der Waals surface area contributed by atoms with Crippen LogP contribution in [-0.2, 0) is 6.42 Å². The molecule has 0 atom stereocenters. The standard InChI is InChI=1S/C20H20ClNO5/c1-20(2)10-13-16(8-12(19(24)25)9-17(13)27-20)26-15-6-5-11(7-14(15)21)18(23)22(3)4/h5-9H,10H2,1-4H3,(H,24,25). The number of carbonyl (C=O) groups excluding carboxylic acids is 1. The van der Waals surface area contributed by atoms with E-state index < -0.39 is 11.6 Å². The van der Waals surface area contributed by atoms with Crippen molar-refractivity contribution in [3.8, 4) is 17.2 Å². The van der Waals surface area contributed by atoms with E-state index in [-0.39, 0.29) is 16.5 Å². The summed E-state index contributed by atoms with van der Waals surface area (Å²) in [4.78, 5) is 24.9. The van der Waals surface area contributed by atoms with Gasteiger partial charge >= 0.3 is 5.97 Å². The predicted molar refractivity (Wildman–Crippen MR) is 101 cm³/mol. The molecule has 2 aromatic carbocycles. The number of nitrogens with zero attached hydrogens (tertiary/aromatic N) is 1. The number of carbonyl (C=O) groups is 2. The average Bonchev–Trinajstić information content (AvgIpc) is 2.89. The molecule has 0 saturated heterocycles. The van der Waals surface area contributed by atoms with Gasteiger partial charge in [0.1, 0.15) is 22.8 Å². The molecule has 1 amide bonds. The molecular weight excluding hydrogens is 370 g/mol. The summed E-state index contributed by atoms with van der Waals surface area (Å²) < 4.78 is 11.8. The number of rotatable bonds is 4. The second-order valence-corrected chi connectivity index (χ2v) is 7.65. The molecular formula is C20H20ClNO5. The van der Waals surface area contributed by atoms with Crippen LogP contribution >= 0.6 is 11.6 Å². The van der Waals surface area contributed by atoms with Crippen LogP contribution in [-0.4, -0.2) is 41.6 Å². The van der Waals surface area contributed by atoms with Crippen LogP contribution < -0.4 is 9.47 Å². The number of hydrogen-bond donors (Lipinski definition) is 1. The maximum atomic E-state index is 12.1. The fourth-order valence-corrected chi connectivity index (χ4v) is 3.17. The van der Waals surface area contributed by atoms with Crippen LogP contribution in [0.4, 0.5) is 0 Å². The van der Waals surface area contributed by atoms with Crippen LogP contribution in [0, 0.1) is 0 Å². The number of hydrogen-bond acceptors (Lipinski definition) is 4. The minimum Gasteiger partial charge on any atom is -0.487 e. The van der Waals surface area contributed by atoms with E-state index in [0.29, 0.717) is 29.2 Å². The Labute approximate surface area is 162 Å². The number of aromatic carboxylic acids is 1. The van der Waals surface area contributed by atoms with E-state index >= 15 is 0 Å². The molecule has 0 bridgehead atoms. The number of amides is 1. The van der Waals surface area contributed by atoms with Gasteiger partial charge in [-0.3, -0.25) is 4.79 Å². The van der Waals surface area contributed by atoms with Gasteiger partial charge in [0.05, 0.1) is 10.6 Å². The summed E-state index contributed by atoms with van der Waals surface area (Å²) in [5, 5.41) is 9.62. The quantitative estimate of drug-likeness (QED) is 0.846. The first-order valence-electron chi connectivity index (χ1n) is 8.36. The molecule has 0 fully saturated rings. The Hall–Kier alpha value is -2.73. The van der Waals surface area contributed by atoms with Crippen molar-refractivity contribution in [2.75, 3.05) is 14.1 Å². The zero-order valence-electron chi connectivity index (χ0n) is 15.5. The van der Waals surface area contributed by atoms with Crippen molar-refractivity contribution in [3.05, 3.63) is 52.0 Å². The Morgan fingerprint density at radius 3 is 2.44 bits per heavy atom. The lowest BCUT2D eigenvalue weighted by Crippen LogP contribution is -2.24. The van der Waals surface area contributed by atoms with E-state index in [9.17, 15) is 14.7 Å². The van der Waals surface area contributed by atoms with Crippen LogP contribution in [0.3, 0.4) is 0 Å². The Morgan fingerprint density at radius 2 is 1.85 bits per heavy atom. The Kier molecular flexibility index (Phi) is 4.78. The number of ether oxygens (including phenoxy) is 2. The summed E-state index contributed by atoms with van der Waals surface area (Å²) in [5.41, 5.74) is 0.835. The van der Waals surface area contributed by atoms with Crippen LogP contribution in [0.25, 0.3) is 0 Å². The number of carboxylic acids is 1. The van der Waals surface area contributed by atoms with Crippen molar-refractivity contribution >= 4 is 23.5 Å². The number of benzene rings is 2. The van der Waals surface area contributed by atoms with E-state index in [0.717, 1.165) is 5.56 Å². The molecule has 0 spiro atoms. The van der Waals surface area contributed by atoms with Gasteiger partial charge in [0, 0.05) is 31.6 Å². The average molecular weight is 390 g/mol. The van der Waals surface area contributed by atoms with Gasteiger partial charge in [0.15, 0.2) is 0 Å². The van der Waals surface area contributed by atoms with E-state index in [4.69, 9.17) is 21.1 Å². The van der Waals surface area contributed by atoms with Gasteiger partial charge in [-0.1, -0.05) is 11.6 Å². The van der Waals surface area contributed by atoms with Gasteiger partial charge in [-0.05, 0) is 44.2 Å². The highest BCUT2D eigenvalue weighted by atomic mass is 35.5. The monoisotopic (exact) mass is 389 g/mol. The fourth-order valence-electron chi connectivity index (χ4n) is 2.95. The van der Waals surface area contributed by atoms with Gasteiger partial charge in [-0.25, -0.2) is 4.79 Å². The summed E-state index contributed by atoms with van der Waals surface area (Å²) in [6.45, 7) is 3.84. The lowest BCUT2D eigenvalue weighted by molar-refractivity contribution is 0.0694. The number of halogens is 1. The molecule has 1 N–H and O–H groups in total. The lowest BCUT2D eigenvalue weighted by atomic mass is 10.00. The topological polar surface area (TPSA) is 76.1 Å². The summed E-state index contributed by atoms with van der Waals surface area (Å²) in [6, 6.07) is 7.70. The second-order valence-electron chi connectivity index (χ2n) is 7.24. The maximum absolute atomic E-state index is 12.1. The van der Waals surface area contributed by atoms with Gasteiger partial charge in [0.2, 0.25) is 0 Å². The van der Waals surface area contributed by atoms with Crippen molar-refractivity contribution in [1.29, 1.82) is 0 Å². The van der Waals surface area contributed by atoms with Gasteiger partial charge in [-0.15, -0.1) is 0 Å². The molecule has 0 aromatic heterocycles. The van der Waals surface area contributed by atoms with Gasteiger partial charge in [-0.2, -0.15) is 0 Å². The molecule has 2 aromatic rings. The van der Waals surface area contributed by atoms with E-state index in [1.165, 1.54) is 23.1 Å². The highest BCUT2D eigenvalue weighted by Gasteiger charge is 2.34. The van der Waals surface area contributed by atoms with Gasteiger partial charge in [0.25, 0.3) is 5.91 Å². The molecule has 0 aliphatic carbocycles.